The lowest BCUT2D eigenvalue weighted by molar-refractivity contribution is -0.137. The average Bonchev–Trinajstić information content (AvgIpc) is 2.33. The monoisotopic (exact) mass is 273 g/mol. The molecule has 0 saturated carbocycles. The fourth-order valence-electron chi connectivity index (χ4n) is 2.12. The van der Waals surface area contributed by atoms with E-state index >= 15 is 0 Å². The van der Waals surface area contributed by atoms with E-state index < -0.39 is 11.7 Å². The van der Waals surface area contributed by atoms with Gasteiger partial charge in [-0.2, -0.15) is 13.2 Å². The summed E-state index contributed by atoms with van der Waals surface area (Å²) in [6.07, 6.45) is -3.25. The Hall–Kier alpha value is -1.03. The second kappa shape index (κ2) is 6.94. The smallest absolute Gasteiger partial charge is 0.316 e. The zero-order valence-electron chi connectivity index (χ0n) is 11.7. The van der Waals surface area contributed by atoms with E-state index in [1.807, 2.05) is 13.8 Å². The normalized spacial score (nSPS) is 13.8. The van der Waals surface area contributed by atoms with Crippen LogP contribution in [0.5, 0.6) is 0 Å². The first kappa shape index (κ1) is 16.0. The zero-order chi connectivity index (χ0) is 14.5. The van der Waals surface area contributed by atoms with E-state index in [4.69, 9.17) is 0 Å². The van der Waals surface area contributed by atoms with E-state index in [1.54, 1.807) is 6.07 Å². The van der Waals surface area contributed by atoms with Crippen LogP contribution in [-0.2, 0) is 6.18 Å². The van der Waals surface area contributed by atoms with Crippen LogP contribution < -0.4 is 5.32 Å². The Morgan fingerprint density at radius 1 is 1.21 bits per heavy atom. The average molecular weight is 273 g/mol. The van der Waals surface area contributed by atoms with Crippen molar-refractivity contribution in [1.82, 2.24) is 5.32 Å². The van der Waals surface area contributed by atoms with E-state index in [2.05, 4.69) is 12.2 Å². The Morgan fingerprint density at radius 2 is 1.89 bits per heavy atom. The van der Waals surface area contributed by atoms with Crippen LogP contribution in [0.3, 0.4) is 0 Å². The van der Waals surface area contributed by atoms with Gasteiger partial charge in [0.05, 0.1) is 5.56 Å². The summed E-state index contributed by atoms with van der Waals surface area (Å²) in [6.45, 7) is 7.76. The first-order valence-electron chi connectivity index (χ1n) is 6.74. The Bertz CT molecular complexity index is 385. The number of alkyl halides is 3. The summed E-state index contributed by atoms with van der Waals surface area (Å²) in [7, 11) is 0. The highest BCUT2D eigenvalue weighted by molar-refractivity contribution is 5.29. The third kappa shape index (κ3) is 4.86. The second-order valence-corrected chi connectivity index (χ2v) is 5.18. The van der Waals surface area contributed by atoms with Crippen molar-refractivity contribution in [3.05, 3.63) is 35.4 Å². The van der Waals surface area contributed by atoms with E-state index in [9.17, 15) is 13.2 Å². The van der Waals surface area contributed by atoms with Crippen LogP contribution in [0, 0.1) is 5.92 Å². The Balaban J connectivity index is 2.90. The van der Waals surface area contributed by atoms with Gasteiger partial charge in [0.15, 0.2) is 0 Å². The fourth-order valence-corrected chi connectivity index (χ4v) is 2.12. The van der Waals surface area contributed by atoms with Crippen LogP contribution in [0.2, 0.25) is 0 Å². The lowest BCUT2D eigenvalue weighted by Gasteiger charge is -2.23. The van der Waals surface area contributed by atoms with Crippen molar-refractivity contribution < 1.29 is 13.2 Å². The Morgan fingerprint density at radius 3 is 2.42 bits per heavy atom. The van der Waals surface area contributed by atoms with Gasteiger partial charge >= 0.3 is 6.18 Å². The van der Waals surface area contributed by atoms with Crippen molar-refractivity contribution in [3.8, 4) is 0 Å². The lowest BCUT2D eigenvalue weighted by Crippen LogP contribution is -2.25. The van der Waals surface area contributed by atoms with Crippen molar-refractivity contribution in [2.24, 2.45) is 5.92 Å². The van der Waals surface area contributed by atoms with Gasteiger partial charge in [0, 0.05) is 6.54 Å². The van der Waals surface area contributed by atoms with Crippen LogP contribution >= 0.6 is 0 Å². The van der Waals surface area contributed by atoms with Crippen molar-refractivity contribution in [2.75, 3.05) is 13.1 Å². The van der Waals surface area contributed by atoms with Crippen molar-refractivity contribution in [3.63, 3.8) is 0 Å². The molecule has 108 valence electrons. The first-order valence-corrected chi connectivity index (χ1v) is 6.74. The summed E-state index contributed by atoms with van der Waals surface area (Å²) >= 11 is 0. The quantitative estimate of drug-likeness (QED) is 0.755. The largest absolute Gasteiger partial charge is 0.416 e. The van der Waals surface area contributed by atoms with Gasteiger partial charge in [0.25, 0.3) is 0 Å². The maximum absolute atomic E-state index is 12.7. The summed E-state index contributed by atoms with van der Waals surface area (Å²) < 4.78 is 38.2. The fraction of sp³-hybridized carbons (Fsp3) is 0.600. The molecule has 0 aliphatic rings. The molecule has 0 bridgehead atoms. The molecule has 1 N–H and O–H groups in total. The molecule has 0 fully saturated rings. The van der Waals surface area contributed by atoms with E-state index in [0.717, 1.165) is 24.6 Å². The molecule has 0 radical (unpaired) electrons. The number of benzene rings is 1. The lowest BCUT2D eigenvalue weighted by atomic mass is 9.87. The second-order valence-electron chi connectivity index (χ2n) is 5.18. The van der Waals surface area contributed by atoms with Gasteiger partial charge < -0.3 is 5.32 Å². The molecule has 1 unspecified atom stereocenters. The minimum Gasteiger partial charge on any atom is -0.316 e. The SMILES string of the molecule is CCCNCC(c1cccc(C(F)(F)F)c1)C(C)C. The summed E-state index contributed by atoms with van der Waals surface area (Å²) in [5.74, 6) is 0.404. The van der Waals surface area contributed by atoms with Crippen molar-refractivity contribution in [2.45, 2.75) is 39.3 Å². The number of nitrogens with one attached hydrogen (secondary N) is 1. The molecule has 0 aliphatic carbocycles. The van der Waals surface area contributed by atoms with Crippen LogP contribution in [0.25, 0.3) is 0 Å². The molecule has 0 aromatic heterocycles. The zero-order valence-corrected chi connectivity index (χ0v) is 11.7. The van der Waals surface area contributed by atoms with E-state index in [1.165, 1.54) is 12.1 Å². The molecule has 1 rings (SSSR count). The summed E-state index contributed by atoms with van der Waals surface area (Å²) in [4.78, 5) is 0. The highest BCUT2D eigenvalue weighted by Crippen LogP contribution is 2.32. The van der Waals surface area contributed by atoms with Gasteiger partial charge in [-0.3, -0.25) is 0 Å². The summed E-state index contributed by atoms with van der Waals surface area (Å²) in [5, 5.41) is 3.29. The molecule has 1 aromatic rings. The molecule has 0 spiro atoms. The standard InChI is InChI=1S/C15H22F3N/c1-4-8-19-10-14(11(2)3)12-6-5-7-13(9-12)15(16,17)18/h5-7,9,11,14,19H,4,8,10H2,1-3H3. The predicted molar refractivity (Wildman–Crippen MR) is 72.2 cm³/mol. The van der Waals surface area contributed by atoms with Crippen LogP contribution in [-0.4, -0.2) is 13.1 Å². The van der Waals surface area contributed by atoms with E-state index in [0.29, 0.717) is 12.5 Å². The van der Waals surface area contributed by atoms with Crippen molar-refractivity contribution in [1.29, 1.82) is 0 Å². The van der Waals surface area contributed by atoms with E-state index in [-0.39, 0.29) is 5.92 Å². The van der Waals surface area contributed by atoms with Gasteiger partial charge in [-0.25, -0.2) is 0 Å². The molecule has 1 aromatic carbocycles. The van der Waals surface area contributed by atoms with Gasteiger partial charge in [-0.05, 0) is 36.4 Å². The molecular weight excluding hydrogens is 251 g/mol. The molecule has 0 amide bonds. The maximum Gasteiger partial charge on any atom is 0.416 e. The Labute approximate surface area is 113 Å². The van der Waals surface area contributed by atoms with Crippen LogP contribution in [0.15, 0.2) is 24.3 Å². The Kier molecular flexibility index (Phi) is 5.85. The highest BCUT2D eigenvalue weighted by Gasteiger charge is 2.31. The molecule has 19 heavy (non-hydrogen) atoms. The summed E-state index contributed by atoms with van der Waals surface area (Å²) in [6, 6.07) is 5.68. The topological polar surface area (TPSA) is 12.0 Å². The maximum atomic E-state index is 12.7. The molecule has 1 atom stereocenters. The molecule has 4 heteroatoms. The van der Waals surface area contributed by atoms with Gasteiger partial charge in [0.2, 0.25) is 0 Å². The predicted octanol–water partition coefficient (Wildman–Crippen LogP) is 4.44. The summed E-state index contributed by atoms with van der Waals surface area (Å²) in [5.41, 5.74) is 0.194. The highest BCUT2D eigenvalue weighted by atomic mass is 19.4. The minimum absolute atomic E-state index is 0.105. The van der Waals surface area contributed by atoms with Gasteiger partial charge in [-0.15, -0.1) is 0 Å². The number of hydrogen-bond donors (Lipinski definition) is 1. The molecular formula is C15H22F3N. The minimum atomic E-state index is -4.27. The molecule has 0 aliphatic heterocycles. The number of rotatable bonds is 6. The van der Waals surface area contributed by atoms with Gasteiger partial charge in [-0.1, -0.05) is 39.0 Å². The number of halogens is 3. The van der Waals surface area contributed by atoms with Crippen LogP contribution in [0.1, 0.15) is 44.2 Å². The van der Waals surface area contributed by atoms with Crippen molar-refractivity contribution >= 4 is 0 Å². The number of hydrogen-bond acceptors (Lipinski definition) is 1. The third-order valence-electron chi connectivity index (χ3n) is 3.24. The molecule has 0 heterocycles. The molecule has 1 nitrogen and oxygen atoms in total. The van der Waals surface area contributed by atoms with Gasteiger partial charge in [0.1, 0.15) is 0 Å². The van der Waals surface area contributed by atoms with Crippen LogP contribution in [0.4, 0.5) is 13.2 Å². The third-order valence-corrected chi connectivity index (χ3v) is 3.24. The first-order chi connectivity index (χ1) is 8.86. The molecule has 0 saturated heterocycles.